The average molecular weight is 407 g/mol. The molecule has 0 saturated heterocycles. The number of hydrogen-bond donors (Lipinski definition) is 1. The van der Waals surface area contributed by atoms with Crippen molar-refractivity contribution >= 4 is 16.1 Å². The number of ether oxygens (including phenoxy) is 1. The Bertz CT molecular complexity index is 788. The Kier molecular flexibility index (Phi) is 9.68. The lowest BCUT2D eigenvalue weighted by atomic mass is 10.0. The van der Waals surface area contributed by atoms with Crippen LogP contribution in [-0.4, -0.2) is 52.3 Å². The number of nitrogens with zero attached hydrogens (tertiary/aromatic N) is 1. The lowest BCUT2D eigenvalue weighted by Gasteiger charge is -2.13. The number of hydrogen-bond acceptors (Lipinski definition) is 4. The van der Waals surface area contributed by atoms with E-state index in [1.54, 1.807) is 0 Å². The van der Waals surface area contributed by atoms with E-state index >= 15 is 0 Å². The van der Waals surface area contributed by atoms with Crippen molar-refractivity contribution in [2.45, 2.75) is 20.3 Å². The molecule has 2 aromatic carbocycles. The van der Waals surface area contributed by atoms with E-state index in [0.717, 1.165) is 17.0 Å². The molecule has 0 saturated carbocycles. The maximum atomic E-state index is 10.8. The second-order valence-corrected chi connectivity index (χ2v) is 8.71. The predicted octanol–water partition coefficient (Wildman–Crippen LogP) is 3.13. The highest BCUT2D eigenvalue weighted by atomic mass is 32.2. The molecule has 1 N–H and O–H groups in total. The van der Waals surface area contributed by atoms with Crippen LogP contribution >= 0.6 is 0 Å². The van der Waals surface area contributed by atoms with Crippen LogP contribution in [0.4, 0.5) is 4.79 Å². The first-order valence-electron chi connectivity index (χ1n) is 8.98. The van der Waals surface area contributed by atoms with Gasteiger partial charge >= 0.3 is 6.09 Å². The third-order valence-corrected chi connectivity index (χ3v) is 5.37. The lowest BCUT2D eigenvalue weighted by Crippen LogP contribution is -2.31. The van der Waals surface area contributed by atoms with Gasteiger partial charge in [0.15, 0.2) is 0 Å². The molecule has 1 amide bonds. The molecule has 0 spiro atoms. The number of carbonyl (C=O) groups is 1. The first kappa shape index (κ1) is 23.7. The van der Waals surface area contributed by atoms with Gasteiger partial charge in [-0.05, 0) is 31.4 Å². The Balaban J connectivity index is 0.000000284. The van der Waals surface area contributed by atoms with Gasteiger partial charge in [-0.3, -0.25) is 0 Å². The summed E-state index contributed by atoms with van der Waals surface area (Å²) in [4.78, 5) is 10.5. The summed E-state index contributed by atoms with van der Waals surface area (Å²) in [6.07, 6.45) is 1.55. The van der Waals surface area contributed by atoms with Gasteiger partial charge in [0.1, 0.15) is 6.61 Å². The summed E-state index contributed by atoms with van der Waals surface area (Å²) in [6, 6.07) is 17.5. The van der Waals surface area contributed by atoms with Crippen LogP contribution in [0.5, 0.6) is 0 Å². The van der Waals surface area contributed by atoms with Crippen molar-refractivity contribution < 1.29 is 17.9 Å². The highest BCUT2D eigenvalue weighted by Gasteiger charge is 2.10. The number of carbonyl (C=O) groups excluding carboxylic acids is 1. The van der Waals surface area contributed by atoms with E-state index in [9.17, 15) is 13.2 Å². The Morgan fingerprint density at radius 2 is 1.39 bits per heavy atom. The summed E-state index contributed by atoms with van der Waals surface area (Å²) >= 11 is 0. The van der Waals surface area contributed by atoms with Gasteiger partial charge in [0.25, 0.3) is 0 Å². The van der Waals surface area contributed by atoms with Crippen LogP contribution in [0.2, 0.25) is 0 Å². The van der Waals surface area contributed by atoms with E-state index in [1.807, 2.05) is 0 Å². The second kappa shape index (κ2) is 11.5. The van der Waals surface area contributed by atoms with Crippen LogP contribution in [-0.2, 0) is 21.2 Å². The minimum Gasteiger partial charge on any atom is -0.448 e. The fourth-order valence-electron chi connectivity index (χ4n) is 2.15. The Labute approximate surface area is 168 Å². The molecule has 0 bridgehead atoms. The van der Waals surface area contributed by atoms with Crippen molar-refractivity contribution in [2.75, 3.05) is 33.5 Å². The second-order valence-electron chi connectivity index (χ2n) is 6.62. The zero-order chi connectivity index (χ0) is 21.2. The predicted molar refractivity (Wildman–Crippen MR) is 113 cm³/mol. The van der Waals surface area contributed by atoms with Crippen LogP contribution < -0.4 is 5.32 Å². The first-order chi connectivity index (χ1) is 13.1. The third kappa shape index (κ3) is 9.53. The molecule has 0 aliphatic rings. The van der Waals surface area contributed by atoms with Gasteiger partial charge < -0.3 is 10.1 Å². The molecule has 7 heteroatoms. The monoisotopic (exact) mass is 406 g/mol. The Hall–Kier alpha value is -2.38. The molecule has 0 radical (unpaired) electrons. The van der Waals surface area contributed by atoms with Crippen LogP contribution in [0.1, 0.15) is 22.3 Å². The number of nitrogens with one attached hydrogen (secondary N) is 1. The summed E-state index contributed by atoms with van der Waals surface area (Å²) in [7, 11) is -0.334. The van der Waals surface area contributed by atoms with Crippen molar-refractivity contribution in [1.82, 2.24) is 9.62 Å². The van der Waals surface area contributed by atoms with Gasteiger partial charge in [-0.1, -0.05) is 59.7 Å². The molecule has 0 heterocycles. The van der Waals surface area contributed by atoms with Crippen molar-refractivity contribution in [3.05, 3.63) is 70.8 Å². The summed E-state index contributed by atoms with van der Waals surface area (Å²) in [5.74, 6) is 0. The van der Waals surface area contributed by atoms with Crippen LogP contribution in [0.3, 0.4) is 0 Å². The number of alkyl carbamates (subject to hydrolysis) is 1. The van der Waals surface area contributed by atoms with E-state index in [4.69, 9.17) is 0 Å². The standard InChI is InChI=1S/C15H16.C6H14N2O4S/c1-12-3-7-14(8-4-12)11-15-9-5-13(2)6-10-15;1-7-6(9)12-5-4-8(2)13(3,10)11/h3-10H,11H2,1-2H3;4-5H2,1-3H3,(H,7,9). The molecule has 6 nitrogen and oxygen atoms in total. The van der Waals surface area contributed by atoms with E-state index < -0.39 is 16.1 Å². The average Bonchev–Trinajstić information content (AvgIpc) is 2.65. The van der Waals surface area contributed by atoms with Gasteiger partial charge in [-0.15, -0.1) is 0 Å². The number of aryl methyl sites for hydroxylation is 2. The maximum Gasteiger partial charge on any atom is 0.406 e. The molecular weight excluding hydrogens is 376 g/mol. The molecule has 154 valence electrons. The number of sulfonamides is 1. The lowest BCUT2D eigenvalue weighted by molar-refractivity contribution is 0.144. The summed E-state index contributed by atoms with van der Waals surface area (Å²) in [5.41, 5.74) is 5.40. The molecule has 0 unspecified atom stereocenters. The number of rotatable bonds is 6. The quantitative estimate of drug-likeness (QED) is 0.800. The van der Waals surface area contributed by atoms with E-state index in [0.29, 0.717) is 0 Å². The Morgan fingerprint density at radius 1 is 0.964 bits per heavy atom. The smallest absolute Gasteiger partial charge is 0.406 e. The van der Waals surface area contributed by atoms with E-state index in [1.165, 1.54) is 36.3 Å². The normalized spacial score (nSPS) is 10.8. The topological polar surface area (TPSA) is 75.7 Å². The molecule has 0 aliphatic carbocycles. The molecule has 2 rings (SSSR count). The molecule has 2 aromatic rings. The van der Waals surface area contributed by atoms with Gasteiger partial charge in [-0.2, -0.15) is 0 Å². The molecule has 0 aromatic heterocycles. The number of benzene rings is 2. The zero-order valence-electron chi connectivity index (χ0n) is 17.2. The first-order valence-corrected chi connectivity index (χ1v) is 10.8. The zero-order valence-corrected chi connectivity index (χ0v) is 18.0. The summed E-state index contributed by atoms with van der Waals surface area (Å²) < 4.78 is 27.4. The third-order valence-electron chi connectivity index (χ3n) is 4.06. The largest absolute Gasteiger partial charge is 0.448 e. The van der Waals surface area contributed by atoms with Crippen molar-refractivity contribution in [1.29, 1.82) is 0 Å². The van der Waals surface area contributed by atoms with Crippen LogP contribution in [0, 0.1) is 13.8 Å². The van der Waals surface area contributed by atoms with Gasteiger partial charge in [0.2, 0.25) is 10.0 Å². The minimum absolute atomic E-state index is 0.0449. The molecule has 28 heavy (non-hydrogen) atoms. The molecule has 0 atom stereocenters. The molecule has 0 fully saturated rings. The van der Waals surface area contributed by atoms with Crippen LogP contribution in [0.15, 0.2) is 48.5 Å². The fraction of sp³-hybridized carbons (Fsp3) is 0.381. The number of amides is 1. The van der Waals surface area contributed by atoms with Gasteiger partial charge in [0.05, 0.1) is 6.26 Å². The minimum atomic E-state index is -3.19. The van der Waals surface area contributed by atoms with Crippen molar-refractivity contribution in [3.8, 4) is 0 Å². The van der Waals surface area contributed by atoms with E-state index in [2.05, 4.69) is 72.4 Å². The fourth-order valence-corrected chi connectivity index (χ4v) is 2.56. The highest BCUT2D eigenvalue weighted by Crippen LogP contribution is 2.11. The maximum absolute atomic E-state index is 10.8. The molecule has 0 aliphatic heterocycles. The summed E-state index contributed by atoms with van der Waals surface area (Å²) in [5, 5.41) is 2.25. The summed E-state index contributed by atoms with van der Waals surface area (Å²) in [6.45, 7) is 4.45. The van der Waals surface area contributed by atoms with E-state index in [-0.39, 0.29) is 13.2 Å². The highest BCUT2D eigenvalue weighted by molar-refractivity contribution is 7.88. The molecular formula is C21H30N2O4S. The van der Waals surface area contributed by atoms with Crippen molar-refractivity contribution in [2.24, 2.45) is 0 Å². The van der Waals surface area contributed by atoms with Gasteiger partial charge in [0, 0.05) is 20.6 Å². The SMILES string of the molecule is CNC(=O)OCCN(C)S(C)(=O)=O.Cc1ccc(Cc2ccc(C)cc2)cc1. The number of likely N-dealkylation sites (N-methyl/N-ethyl adjacent to an activating group) is 1. The van der Waals surface area contributed by atoms with Crippen LogP contribution in [0.25, 0.3) is 0 Å². The van der Waals surface area contributed by atoms with Crippen molar-refractivity contribution in [3.63, 3.8) is 0 Å². The Morgan fingerprint density at radius 3 is 1.75 bits per heavy atom. The van der Waals surface area contributed by atoms with Gasteiger partial charge in [-0.25, -0.2) is 17.5 Å².